The minimum Gasteiger partial charge on any atom is -0.384 e. The molecule has 2 N–H and O–H groups in total. The standard InChI is InChI=1S/C12H17N3/c1-14-8-4-5-9-15-12-7-3-2-6-11(12)10-13/h2-3,6-7,14-15H,4-5,8-9H2,1H3. The molecule has 0 aromatic heterocycles. The Morgan fingerprint density at radius 1 is 1.20 bits per heavy atom. The van der Waals surface area contributed by atoms with Crippen molar-refractivity contribution in [3.8, 4) is 6.07 Å². The Balaban J connectivity index is 2.34. The summed E-state index contributed by atoms with van der Waals surface area (Å²) in [7, 11) is 1.96. The van der Waals surface area contributed by atoms with Gasteiger partial charge >= 0.3 is 0 Å². The van der Waals surface area contributed by atoms with Crippen molar-refractivity contribution >= 4 is 5.69 Å². The van der Waals surface area contributed by atoms with E-state index in [0.29, 0.717) is 5.56 Å². The van der Waals surface area contributed by atoms with Gasteiger partial charge in [-0.1, -0.05) is 12.1 Å². The summed E-state index contributed by atoms with van der Waals surface area (Å²) < 4.78 is 0. The van der Waals surface area contributed by atoms with Crippen LogP contribution in [0.5, 0.6) is 0 Å². The second-order valence-electron chi connectivity index (χ2n) is 3.39. The number of hydrogen-bond donors (Lipinski definition) is 2. The number of rotatable bonds is 6. The Kier molecular flexibility index (Phi) is 5.28. The molecule has 0 fully saturated rings. The van der Waals surface area contributed by atoms with E-state index in [1.807, 2.05) is 31.3 Å². The van der Waals surface area contributed by atoms with Crippen LogP contribution in [0.1, 0.15) is 18.4 Å². The lowest BCUT2D eigenvalue weighted by molar-refractivity contribution is 0.694. The van der Waals surface area contributed by atoms with Crippen molar-refractivity contribution in [3.63, 3.8) is 0 Å². The number of benzene rings is 1. The number of unbranched alkanes of at least 4 members (excludes halogenated alkanes) is 1. The quantitative estimate of drug-likeness (QED) is 0.695. The van der Waals surface area contributed by atoms with E-state index < -0.39 is 0 Å². The van der Waals surface area contributed by atoms with Crippen molar-refractivity contribution in [3.05, 3.63) is 29.8 Å². The van der Waals surface area contributed by atoms with Crippen molar-refractivity contribution in [2.45, 2.75) is 12.8 Å². The molecule has 0 radical (unpaired) electrons. The SMILES string of the molecule is CNCCCCNc1ccccc1C#N. The predicted molar refractivity (Wildman–Crippen MR) is 62.8 cm³/mol. The fourth-order valence-electron chi connectivity index (χ4n) is 1.38. The lowest BCUT2D eigenvalue weighted by Gasteiger charge is -2.07. The normalized spacial score (nSPS) is 9.60. The average Bonchev–Trinajstić information content (AvgIpc) is 2.29. The molecule has 0 saturated heterocycles. The Morgan fingerprint density at radius 3 is 2.67 bits per heavy atom. The molecule has 0 heterocycles. The third-order valence-electron chi connectivity index (χ3n) is 2.22. The van der Waals surface area contributed by atoms with Gasteiger partial charge in [-0.25, -0.2) is 0 Å². The predicted octanol–water partition coefficient (Wildman–Crippen LogP) is 1.97. The summed E-state index contributed by atoms with van der Waals surface area (Å²) in [5.74, 6) is 0. The van der Waals surface area contributed by atoms with E-state index in [9.17, 15) is 0 Å². The molecule has 0 bridgehead atoms. The first kappa shape index (κ1) is 11.5. The van der Waals surface area contributed by atoms with Crippen molar-refractivity contribution < 1.29 is 0 Å². The first-order valence-electron chi connectivity index (χ1n) is 5.26. The maximum Gasteiger partial charge on any atom is 0.101 e. The molecule has 1 aromatic carbocycles. The fourth-order valence-corrected chi connectivity index (χ4v) is 1.38. The Labute approximate surface area is 91.1 Å². The van der Waals surface area contributed by atoms with Crippen LogP contribution in [-0.4, -0.2) is 20.1 Å². The Hall–Kier alpha value is -1.53. The van der Waals surface area contributed by atoms with Gasteiger partial charge in [0.15, 0.2) is 0 Å². The van der Waals surface area contributed by atoms with Crippen LogP contribution in [0.3, 0.4) is 0 Å². The molecule has 80 valence electrons. The number of nitrogens with zero attached hydrogens (tertiary/aromatic N) is 1. The molecule has 0 amide bonds. The zero-order valence-corrected chi connectivity index (χ0v) is 9.09. The van der Waals surface area contributed by atoms with E-state index in [0.717, 1.165) is 31.6 Å². The summed E-state index contributed by atoms with van der Waals surface area (Å²) in [5.41, 5.74) is 1.65. The highest BCUT2D eigenvalue weighted by molar-refractivity contribution is 5.56. The summed E-state index contributed by atoms with van der Waals surface area (Å²) in [5, 5.41) is 15.2. The minimum absolute atomic E-state index is 0.714. The van der Waals surface area contributed by atoms with E-state index >= 15 is 0 Å². The second kappa shape index (κ2) is 6.86. The molecule has 0 spiro atoms. The first-order valence-corrected chi connectivity index (χ1v) is 5.26. The molecular formula is C12H17N3. The van der Waals surface area contributed by atoms with Crippen molar-refractivity contribution in [1.29, 1.82) is 5.26 Å². The number of anilines is 1. The topological polar surface area (TPSA) is 47.8 Å². The van der Waals surface area contributed by atoms with Gasteiger partial charge in [-0.05, 0) is 38.6 Å². The van der Waals surface area contributed by atoms with E-state index in [2.05, 4.69) is 16.7 Å². The maximum atomic E-state index is 8.86. The summed E-state index contributed by atoms with van der Waals surface area (Å²) in [6.45, 7) is 1.96. The van der Waals surface area contributed by atoms with Gasteiger partial charge in [0.05, 0.1) is 11.3 Å². The van der Waals surface area contributed by atoms with Gasteiger partial charge in [0, 0.05) is 6.54 Å². The zero-order valence-electron chi connectivity index (χ0n) is 9.09. The fraction of sp³-hybridized carbons (Fsp3) is 0.417. The summed E-state index contributed by atoms with van der Waals surface area (Å²) in [6.07, 6.45) is 2.26. The second-order valence-corrected chi connectivity index (χ2v) is 3.39. The lowest BCUT2D eigenvalue weighted by Crippen LogP contribution is -2.10. The van der Waals surface area contributed by atoms with Crippen LogP contribution in [0.15, 0.2) is 24.3 Å². The van der Waals surface area contributed by atoms with Crippen LogP contribution in [0.2, 0.25) is 0 Å². The highest BCUT2D eigenvalue weighted by Crippen LogP contribution is 2.13. The molecule has 0 atom stereocenters. The van der Waals surface area contributed by atoms with Gasteiger partial charge in [-0.2, -0.15) is 5.26 Å². The molecule has 3 heteroatoms. The monoisotopic (exact) mass is 203 g/mol. The van der Waals surface area contributed by atoms with Crippen LogP contribution in [0.25, 0.3) is 0 Å². The molecule has 0 aliphatic rings. The average molecular weight is 203 g/mol. The van der Waals surface area contributed by atoms with Gasteiger partial charge in [0.2, 0.25) is 0 Å². The molecule has 0 unspecified atom stereocenters. The van der Waals surface area contributed by atoms with E-state index in [1.54, 1.807) is 0 Å². The van der Waals surface area contributed by atoms with Crippen LogP contribution in [0.4, 0.5) is 5.69 Å². The van der Waals surface area contributed by atoms with E-state index in [4.69, 9.17) is 5.26 Å². The van der Waals surface area contributed by atoms with Gasteiger partial charge in [-0.3, -0.25) is 0 Å². The molecule has 15 heavy (non-hydrogen) atoms. The molecule has 1 rings (SSSR count). The molecule has 0 aliphatic heterocycles. The Morgan fingerprint density at radius 2 is 1.93 bits per heavy atom. The summed E-state index contributed by atoms with van der Waals surface area (Å²) in [6, 6.07) is 9.76. The van der Waals surface area contributed by atoms with E-state index in [1.165, 1.54) is 0 Å². The number of para-hydroxylation sites is 1. The first-order chi connectivity index (χ1) is 7.38. The van der Waals surface area contributed by atoms with Crippen LogP contribution in [-0.2, 0) is 0 Å². The minimum atomic E-state index is 0.714. The van der Waals surface area contributed by atoms with Crippen LogP contribution in [0, 0.1) is 11.3 Å². The number of hydrogen-bond acceptors (Lipinski definition) is 3. The van der Waals surface area contributed by atoms with Gasteiger partial charge < -0.3 is 10.6 Å². The molecule has 1 aromatic rings. The van der Waals surface area contributed by atoms with Gasteiger partial charge in [0.25, 0.3) is 0 Å². The largest absolute Gasteiger partial charge is 0.384 e. The molecular weight excluding hydrogens is 186 g/mol. The number of nitrogens with one attached hydrogen (secondary N) is 2. The highest BCUT2D eigenvalue weighted by atomic mass is 14.9. The molecule has 3 nitrogen and oxygen atoms in total. The summed E-state index contributed by atoms with van der Waals surface area (Å²) in [4.78, 5) is 0. The van der Waals surface area contributed by atoms with Crippen LogP contribution < -0.4 is 10.6 Å². The third-order valence-corrected chi connectivity index (χ3v) is 2.22. The zero-order chi connectivity index (χ0) is 10.9. The summed E-state index contributed by atoms with van der Waals surface area (Å²) >= 11 is 0. The van der Waals surface area contributed by atoms with Gasteiger partial charge in [-0.15, -0.1) is 0 Å². The smallest absolute Gasteiger partial charge is 0.101 e. The van der Waals surface area contributed by atoms with Crippen molar-refractivity contribution in [1.82, 2.24) is 5.32 Å². The molecule has 0 aliphatic carbocycles. The third kappa shape index (κ3) is 4.01. The van der Waals surface area contributed by atoms with Crippen LogP contribution >= 0.6 is 0 Å². The maximum absolute atomic E-state index is 8.86. The van der Waals surface area contributed by atoms with E-state index in [-0.39, 0.29) is 0 Å². The number of nitriles is 1. The van der Waals surface area contributed by atoms with Crippen molar-refractivity contribution in [2.24, 2.45) is 0 Å². The lowest BCUT2D eigenvalue weighted by atomic mass is 10.2. The van der Waals surface area contributed by atoms with Gasteiger partial charge in [0.1, 0.15) is 6.07 Å². The highest BCUT2D eigenvalue weighted by Gasteiger charge is 1.98. The van der Waals surface area contributed by atoms with Crippen molar-refractivity contribution in [2.75, 3.05) is 25.5 Å². The molecule has 0 saturated carbocycles. The Bertz CT molecular complexity index is 328.